The normalized spacial score (nSPS) is 8.86. The van der Waals surface area contributed by atoms with Gasteiger partial charge in [-0.1, -0.05) is 13.8 Å². The van der Waals surface area contributed by atoms with Gasteiger partial charge in [-0.25, -0.2) is 0 Å². The molecular weight excluding hydrogens is 300 g/mol. The van der Waals surface area contributed by atoms with E-state index in [1.807, 2.05) is 6.92 Å². The molecule has 0 heterocycles. The Morgan fingerprint density at radius 1 is 0.773 bits per heavy atom. The molecule has 0 spiro atoms. The van der Waals surface area contributed by atoms with E-state index >= 15 is 0 Å². The molecule has 0 rings (SSSR count). The van der Waals surface area contributed by atoms with Gasteiger partial charge in [-0.05, 0) is 6.42 Å². The Balaban J connectivity index is -0.000000107. The zero-order valence-electron chi connectivity index (χ0n) is 13.4. The second kappa shape index (κ2) is 19.3. The molecule has 6 N–H and O–H groups in total. The van der Waals surface area contributed by atoms with Crippen LogP contribution in [-0.4, -0.2) is 68.4 Å². The Morgan fingerprint density at radius 3 is 0.955 bits per heavy atom. The van der Waals surface area contributed by atoms with Crippen LogP contribution in [0, 0.1) is 5.41 Å². The van der Waals surface area contributed by atoms with Gasteiger partial charge in [0.2, 0.25) is 0 Å². The van der Waals surface area contributed by atoms with Crippen molar-refractivity contribution in [2.24, 2.45) is 5.41 Å². The van der Waals surface area contributed by atoms with Crippen LogP contribution in [0.15, 0.2) is 0 Å². The van der Waals surface area contributed by atoms with Gasteiger partial charge in [-0.3, -0.25) is 14.4 Å². The van der Waals surface area contributed by atoms with Crippen molar-refractivity contribution in [3.63, 3.8) is 0 Å². The predicted molar refractivity (Wildman–Crippen MR) is 78.5 cm³/mol. The number of rotatable bonds is 5. The lowest BCUT2D eigenvalue weighted by Crippen LogP contribution is -2.32. The van der Waals surface area contributed by atoms with Crippen molar-refractivity contribution in [3.8, 4) is 0 Å². The van der Waals surface area contributed by atoms with Gasteiger partial charge in [0, 0.05) is 25.7 Å². The highest BCUT2D eigenvalue weighted by molar-refractivity contribution is 5.66. The number of hydrogen-bond donors (Lipinski definition) is 6. The zero-order chi connectivity index (χ0) is 18.8. The second-order valence-electron chi connectivity index (χ2n) is 4.11. The van der Waals surface area contributed by atoms with E-state index in [1.165, 1.54) is 0 Å². The van der Waals surface area contributed by atoms with Gasteiger partial charge in [0.15, 0.2) is 0 Å². The van der Waals surface area contributed by atoms with Gasteiger partial charge in [0.05, 0.1) is 19.8 Å². The molecule has 0 fully saturated rings. The lowest BCUT2D eigenvalue weighted by atomic mass is 9.88. The van der Waals surface area contributed by atoms with E-state index < -0.39 is 23.3 Å². The fourth-order valence-electron chi connectivity index (χ4n) is 0.485. The molecule has 0 aliphatic heterocycles. The lowest BCUT2D eigenvalue weighted by Gasteiger charge is -2.24. The summed E-state index contributed by atoms with van der Waals surface area (Å²) in [4.78, 5) is 27.4. The van der Waals surface area contributed by atoms with Crippen LogP contribution in [0.5, 0.6) is 0 Å². The molecule has 0 aromatic carbocycles. The molecule has 22 heavy (non-hydrogen) atoms. The molecule has 0 unspecified atom stereocenters. The van der Waals surface area contributed by atoms with E-state index in [4.69, 9.17) is 40.2 Å². The minimum Gasteiger partial charge on any atom is -0.481 e. The Labute approximate surface area is 129 Å². The first-order chi connectivity index (χ1) is 9.98. The fraction of sp³-hybridized carbons (Fsp3) is 0.769. The van der Waals surface area contributed by atoms with Gasteiger partial charge < -0.3 is 30.6 Å². The maximum atomic E-state index is 9.37. The first-order valence-electron chi connectivity index (χ1n) is 6.41. The first-order valence-corrected chi connectivity index (χ1v) is 6.41. The molecule has 9 heteroatoms. The number of carboxylic acids is 3. The van der Waals surface area contributed by atoms with Crippen LogP contribution in [-0.2, 0) is 14.4 Å². The minimum absolute atomic E-state index is 0.156. The fourth-order valence-corrected chi connectivity index (χ4v) is 0.485. The van der Waals surface area contributed by atoms with Gasteiger partial charge in [0.25, 0.3) is 11.9 Å². The number of aliphatic hydroxyl groups excluding tert-OH is 3. The molecular formula is C13H28O9. The highest BCUT2D eigenvalue weighted by atomic mass is 16.4. The molecule has 0 aliphatic rings. The van der Waals surface area contributed by atoms with E-state index in [9.17, 15) is 4.79 Å². The summed E-state index contributed by atoms with van der Waals surface area (Å²) in [5.41, 5.74) is -0.667. The van der Waals surface area contributed by atoms with Gasteiger partial charge >= 0.3 is 5.97 Å². The van der Waals surface area contributed by atoms with Crippen molar-refractivity contribution >= 4 is 17.9 Å². The highest BCUT2D eigenvalue weighted by Gasteiger charge is 2.24. The summed E-state index contributed by atoms with van der Waals surface area (Å²) < 4.78 is 0. The molecule has 0 aliphatic carbocycles. The molecule has 0 radical (unpaired) electrons. The van der Waals surface area contributed by atoms with E-state index in [1.54, 1.807) is 6.92 Å². The quantitative estimate of drug-likeness (QED) is 0.406. The molecule has 0 amide bonds. The van der Waals surface area contributed by atoms with Crippen LogP contribution in [0.4, 0.5) is 0 Å². The average Bonchev–Trinajstić information content (AvgIpc) is 2.41. The number of hydrogen-bond acceptors (Lipinski definition) is 6. The largest absolute Gasteiger partial charge is 0.481 e. The maximum absolute atomic E-state index is 9.37. The van der Waals surface area contributed by atoms with Crippen LogP contribution < -0.4 is 0 Å². The molecule has 9 nitrogen and oxygen atoms in total. The zero-order valence-corrected chi connectivity index (χ0v) is 13.4. The van der Waals surface area contributed by atoms with Gasteiger partial charge in [-0.2, -0.15) is 0 Å². The van der Waals surface area contributed by atoms with E-state index in [-0.39, 0.29) is 26.2 Å². The Bertz CT molecular complexity index is 248. The van der Waals surface area contributed by atoms with E-state index in [0.29, 0.717) is 6.42 Å². The number of aliphatic hydroxyl groups is 3. The molecule has 0 bridgehead atoms. The highest BCUT2D eigenvalue weighted by Crippen LogP contribution is 2.18. The molecule has 0 aromatic heterocycles. The lowest BCUT2D eigenvalue weighted by molar-refractivity contribution is -0.137. The van der Waals surface area contributed by atoms with E-state index in [0.717, 1.165) is 13.8 Å². The van der Waals surface area contributed by atoms with Gasteiger partial charge in [-0.15, -0.1) is 0 Å². The first kappa shape index (κ1) is 28.5. The summed E-state index contributed by atoms with van der Waals surface area (Å²) in [5.74, 6) is -2.41. The monoisotopic (exact) mass is 328 g/mol. The molecule has 0 atom stereocenters. The number of aliphatic carboxylic acids is 3. The van der Waals surface area contributed by atoms with Crippen molar-refractivity contribution in [2.75, 3.05) is 19.8 Å². The summed E-state index contributed by atoms with van der Waals surface area (Å²) >= 11 is 0. The van der Waals surface area contributed by atoms with Crippen molar-refractivity contribution in [3.05, 3.63) is 0 Å². The third-order valence-corrected chi connectivity index (χ3v) is 2.06. The summed E-state index contributed by atoms with van der Waals surface area (Å²) in [6.45, 7) is 5.12. The standard InChI is InChI=1S/C6H14O3.C3H6O2.2C2H4O2/c1-2-6(3-7,4-8)5-9;1-2-3(4)5;2*1-2(3)4/h7-9H,2-5H2,1H3;2H2,1H3,(H,4,5);2*1H3,(H,3,4). The van der Waals surface area contributed by atoms with Crippen molar-refractivity contribution in [1.29, 1.82) is 0 Å². The SMILES string of the molecule is CC(=O)O.CC(=O)O.CCC(=O)O.CCC(CO)(CO)CO. The maximum Gasteiger partial charge on any atom is 0.303 e. The second-order valence-corrected chi connectivity index (χ2v) is 4.11. The predicted octanol–water partition coefficient (Wildman–Crippen LogP) is 0.0225. The average molecular weight is 328 g/mol. The summed E-state index contributed by atoms with van der Waals surface area (Å²) in [6.07, 6.45) is 0.816. The van der Waals surface area contributed by atoms with Crippen LogP contribution in [0.3, 0.4) is 0 Å². The Hall–Kier alpha value is -1.71. The Morgan fingerprint density at radius 2 is 0.955 bits per heavy atom. The summed E-state index contributed by atoms with van der Waals surface area (Å²) in [5, 5.41) is 48.5. The van der Waals surface area contributed by atoms with Crippen LogP contribution in [0.25, 0.3) is 0 Å². The smallest absolute Gasteiger partial charge is 0.303 e. The topological polar surface area (TPSA) is 173 Å². The third kappa shape index (κ3) is 36.2. The van der Waals surface area contributed by atoms with Crippen LogP contribution >= 0.6 is 0 Å². The molecule has 0 saturated heterocycles. The van der Waals surface area contributed by atoms with Crippen molar-refractivity contribution < 1.29 is 45.0 Å². The molecule has 0 aromatic rings. The Kier molecular flexibility index (Phi) is 24.9. The number of carbonyl (C=O) groups is 3. The minimum atomic E-state index is -0.833. The van der Waals surface area contributed by atoms with E-state index in [2.05, 4.69) is 0 Å². The summed E-state index contributed by atoms with van der Waals surface area (Å²) in [7, 11) is 0. The van der Waals surface area contributed by atoms with Crippen LogP contribution in [0.2, 0.25) is 0 Å². The molecule has 134 valence electrons. The third-order valence-electron chi connectivity index (χ3n) is 2.06. The summed E-state index contributed by atoms with van der Waals surface area (Å²) in [6, 6.07) is 0. The van der Waals surface area contributed by atoms with Gasteiger partial charge in [0.1, 0.15) is 0 Å². The number of carboxylic acid groups (broad SMARTS) is 3. The van der Waals surface area contributed by atoms with Crippen molar-refractivity contribution in [1.82, 2.24) is 0 Å². The van der Waals surface area contributed by atoms with Crippen LogP contribution in [0.1, 0.15) is 40.5 Å². The molecule has 0 saturated carbocycles. The van der Waals surface area contributed by atoms with Crippen molar-refractivity contribution in [2.45, 2.75) is 40.5 Å².